The normalized spacial score (nSPS) is 11.6. The van der Waals surface area contributed by atoms with Crippen molar-refractivity contribution in [2.24, 2.45) is 0 Å². The number of carbonyl (C=O) groups excluding carboxylic acids is 1. The minimum absolute atomic E-state index is 0.0804. The number of hydrogen-bond acceptors (Lipinski definition) is 5. The molecule has 3 aromatic rings. The molecule has 158 valence electrons. The zero-order valence-corrected chi connectivity index (χ0v) is 19.7. The largest absolute Gasteiger partial charge is 0.325 e. The van der Waals surface area contributed by atoms with Crippen LogP contribution in [0.15, 0.2) is 46.9 Å². The van der Waals surface area contributed by atoms with Crippen molar-refractivity contribution in [2.75, 3.05) is 11.1 Å². The smallest absolute Gasteiger partial charge is 0.263 e. The van der Waals surface area contributed by atoms with Crippen molar-refractivity contribution in [2.45, 2.75) is 51.7 Å². The van der Waals surface area contributed by atoms with E-state index in [1.54, 1.807) is 10.6 Å². The molecular weight excluding hydrogens is 414 g/mol. The number of para-hydroxylation sites is 1. The van der Waals surface area contributed by atoms with Crippen LogP contribution in [-0.4, -0.2) is 21.2 Å². The second kappa shape index (κ2) is 8.78. The van der Waals surface area contributed by atoms with Gasteiger partial charge in [-0.1, -0.05) is 56.8 Å². The molecule has 3 rings (SSSR count). The lowest BCUT2D eigenvalue weighted by atomic mass is 9.86. The van der Waals surface area contributed by atoms with Gasteiger partial charge in [0.25, 0.3) is 5.56 Å². The summed E-state index contributed by atoms with van der Waals surface area (Å²) in [5, 5.41) is 4.21. The van der Waals surface area contributed by atoms with E-state index < -0.39 is 0 Å². The number of hydrogen-bond donors (Lipinski definition) is 1. The van der Waals surface area contributed by atoms with E-state index in [1.165, 1.54) is 23.1 Å². The molecule has 0 saturated heterocycles. The highest BCUT2D eigenvalue weighted by Gasteiger charge is 2.20. The number of nitrogens with zero attached hydrogens (tertiary/aromatic N) is 2. The third-order valence-electron chi connectivity index (χ3n) is 4.91. The first-order chi connectivity index (χ1) is 14.1. The molecule has 0 radical (unpaired) electrons. The molecule has 0 bridgehead atoms. The summed E-state index contributed by atoms with van der Waals surface area (Å²) in [7, 11) is 0. The summed E-state index contributed by atoms with van der Waals surface area (Å²) >= 11 is 2.78. The molecule has 0 aliphatic rings. The maximum Gasteiger partial charge on any atom is 0.263 e. The van der Waals surface area contributed by atoms with Crippen LogP contribution in [0.3, 0.4) is 0 Å². The van der Waals surface area contributed by atoms with Gasteiger partial charge in [0.1, 0.15) is 4.83 Å². The Balaban J connectivity index is 1.85. The Morgan fingerprint density at radius 1 is 1.30 bits per heavy atom. The fraction of sp³-hybridized carbons (Fsp3) is 0.348. The zero-order valence-electron chi connectivity index (χ0n) is 18.0. The van der Waals surface area contributed by atoms with Gasteiger partial charge in [0.15, 0.2) is 5.16 Å². The van der Waals surface area contributed by atoms with Crippen LogP contribution >= 0.6 is 23.1 Å². The minimum atomic E-state index is -0.130. The SMILES string of the molecule is C=CCn1c(SCC(=O)Nc2ccccc2C(C)(C)C)nc2sc(C)c(C)c2c1=O. The summed E-state index contributed by atoms with van der Waals surface area (Å²) in [4.78, 5) is 32.2. The number of aromatic nitrogens is 2. The van der Waals surface area contributed by atoms with Gasteiger partial charge < -0.3 is 5.32 Å². The van der Waals surface area contributed by atoms with Crippen LogP contribution in [0.5, 0.6) is 0 Å². The lowest BCUT2D eigenvalue weighted by Crippen LogP contribution is -2.24. The van der Waals surface area contributed by atoms with Crippen LogP contribution in [0.4, 0.5) is 5.69 Å². The summed E-state index contributed by atoms with van der Waals surface area (Å²) in [5.74, 6) is 0.0337. The van der Waals surface area contributed by atoms with E-state index in [1.807, 2.05) is 38.1 Å². The fourth-order valence-electron chi connectivity index (χ4n) is 3.27. The van der Waals surface area contributed by atoms with Crippen molar-refractivity contribution in [1.82, 2.24) is 9.55 Å². The molecule has 30 heavy (non-hydrogen) atoms. The number of rotatable bonds is 6. The number of amides is 1. The van der Waals surface area contributed by atoms with E-state index in [-0.39, 0.29) is 22.6 Å². The highest BCUT2D eigenvalue weighted by atomic mass is 32.2. The molecule has 0 fully saturated rings. The monoisotopic (exact) mass is 441 g/mol. The van der Waals surface area contributed by atoms with E-state index >= 15 is 0 Å². The van der Waals surface area contributed by atoms with Crippen LogP contribution in [0.1, 0.15) is 36.8 Å². The summed E-state index contributed by atoms with van der Waals surface area (Å²) in [5.41, 5.74) is 2.70. The van der Waals surface area contributed by atoms with Gasteiger partial charge in [-0.05, 0) is 36.5 Å². The summed E-state index contributed by atoms with van der Waals surface area (Å²) in [6, 6.07) is 7.83. The lowest BCUT2D eigenvalue weighted by Gasteiger charge is -2.23. The molecule has 0 atom stereocenters. The highest BCUT2D eigenvalue weighted by molar-refractivity contribution is 7.99. The number of aryl methyl sites for hydroxylation is 2. The molecule has 2 aromatic heterocycles. The third-order valence-corrected chi connectivity index (χ3v) is 6.98. The van der Waals surface area contributed by atoms with Crippen molar-refractivity contribution < 1.29 is 4.79 Å². The second-order valence-electron chi connectivity index (χ2n) is 8.19. The Morgan fingerprint density at radius 3 is 2.67 bits per heavy atom. The number of nitrogens with one attached hydrogen (secondary N) is 1. The number of anilines is 1. The molecule has 0 spiro atoms. The quantitative estimate of drug-likeness (QED) is 0.321. The molecule has 0 aliphatic carbocycles. The predicted octanol–water partition coefficient (Wildman–Crippen LogP) is 5.29. The van der Waals surface area contributed by atoms with Gasteiger partial charge >= 0.3 is 0 Å². The van der Waals surface area contributed by atoms with Crippen molar-refractivity contribution in [3.8, 4) is 0 Å². The molecule has 0 saturated carbocycles. The van der Waals surface area contributed by atoms with Gasteiger partial charge in [-0.3, -0.25) is 14.2 Å². The van der Waals surface area contributed by atoms with Crippen LogP contribution in [-0.2, 0) is 16.8 Å². The summed E-state index contributed by atoms with van der Waals surface area (Å²) in [6.45, 7) is 14.4. The molecule has 1 aromatic carbocycles. The highest BCUT2D eigenvalue weighted by Crippen LogP contribution is 2.30. The van der Waals surface area contributed by atoms with Gasteiger partial charge in [-0.25, -0.2) is 4.98 Å². The van der Waals surface area contributed by atoms with Gasteiger partial charge in [-0.2, -0.15) is 0 Å². The number of benzene rings is 1. The Kier molecular flexibility index (Phi) is 6.53. The summed E-state index contributed by atoms with van der Waals surface area (Å²) in [6.07, 6.45) is 1.67. The molecule has 7 heteroatoms. The van der Waals surface area contributed by atoms with Crippen LogP contribution in [0, 0.1) is 13.8 Å². The van der Waals surface area contributed by atoms with Gasteiger partial charge in [0.2, 0.25) is 5.91 Å². The van der Waals surface area contributed by atoms with E-state index in [2.05, 4.69) is 37.7 Å². The van der Waals surface area contributed by atoms with Crippen molar-refractivity contribution in [1.29, 1.82) is 0 Å². The van der Waals surface area contributed by atoms with Crippen LogP contribution in [0.25, 0.3) is 10.2 Å². The first kappa shape index (κ1) is 22.3. The Bertz CT molecular complexity index is 1170. The average Bonchev–Trinajstić information content (AvgIpc) is 2.96. The molecule has 0 aliphatic heterocycles. The molecule has 0 unspecified atom stereocenters. The predicted molar refractivity (Wildman–Crippen MR) is 128 cm³/mol. The maximum absolute atomic E-state index is 13.0. The zero-order chi connectivity index (χ0) is 22.1. The Morgan fingerprint density at radius 2 is 2.00 bits per heavy atom. The van der Waals surface area contributed by atoms with E-state index in [0.29, 0.717) is 17.1 Å². The Labute approximate surface area is 185 Å². The van der Waals surface area contributed by atoms with Crippen LogP contribution in [0.2, 0.25) is 0 Å². The number of thioether (sulfide) groups is 1. The topological polar surface area (TPSA) is 64.0 Å². The Hall–Kier alpha value is -2.38. The van der Waals surface area contributed by atoms with E-state index in [9.17, 15) is 9.59 Å². The van der Waals surface area contributed by atoms with E-state index in [4.69, 9.17) is 0 Å². The number of thiophene rings is 1. The molecule has 1 amide bonds. The lowest BCUT2D eigenvalue weighted by molar-refractivity contribution is -0.113. The summed E-state index contributed by atoms with van der Waals surface area (Å²) < 4.78 is 1.59. The van der Waals surface area contributed by atoms with Gasteiger partial charge in [0, 0.05) is 17.1 Å². The van der Waals surface area contributed by atoms with Gasteiger partial charge in [0.05, 0.1) is 11.1 Å². The second-order valence-corrected chi connectivity index (χ2v) is 10.3. The van der Waals surface area contributed by atoms with Crippen LogP contribution < -0.4 is 10.9 Å². The van der Waals surface area contributed by atoms with Gasteiger partial charge in [-0.15, -0.1) is 17.9 Å². The fourth-order valence-corrected chi connectivity index (χ4v) is 5.15. The van der Waals surface area contributed by atoms with Crippen molar-refractivity contribution >= 4 is 44.9 Å². The standard InChI is InChI=1S/C23H27N3O2S2/c1-7-12-26-21(28)19-14(2)15(3)30-20(19)25-22(26)29-13-18(27)24-17-11-9-8-10-16(17)23(4,5)6/h7-11H,1,12-13H2,2-6H3,(H,24,27). The number of allylic oxidation sites excluding steroid dienone is 1. The number of carbonyl (C=O) groups is 1. The minimum Gasteiger partial charge on any atom is -0.325 e. The molecule has 5 nitrogen and oxygen atoms in total. The van der Waals surface area contributed by atoms with Crippen molar-refractivity contribution in [3.63, 3.8) is 0 Å². The third kappa shape index (κ3) is 4.52. The molecular formula is C23H27N3O2S2. The maximum atomic E-state index is 13.0. The first-order valence-corrected chi connectivity index (χ1v) is 11.6. The molecule has 2 heterocycles. The van der Waals surface area contributed by atoms with Crippen molar-refractivity contribution in [3.05, 3.63) is 63.3 Å². The first-order valence-electron chi connectivity index (χ1n) is 9.77. The van der Waals surface area contributed by atoms with E-state index in [0.717, 1.165) is 26.5 Å². The average molecular weight is 442 g/mol. The number of fused-ring (bicyclic) bond motifs is 1. The molecule has 1 N–H and O–H groups in total.